The molecule has 1 N–H and O–H groups in total. The summed E-state index contributed by atoms with van der Waals surface area (Å²) in [4.78, 5) is 4.67. The Morgan fingerprint density at radius 2 is 2.00 bits per heavy atom. The molecule has 3 nitrogen and oxygen atoms in total. The molecule has 0 amide bonds. The maximum Gasteiger partial charge on any atom is 0.123 e. The second-order valence-electron chi connectivity index (χ2n) is 6.00. The number of hydrogen-bond acceptors (Lipinski definition) is 3. The number of rotatable bonds is 5. The van der Waals surface area contributed by atoms with Crippen LogP contribution in [0.25, 0.3) is 0 Å². The van der Waals surface area contributed by atoms with Crippen LogP contribution in [0.4, 0.5) is 10.1 Å². The molecule has 2 rings (SSSR count). The van der Waals surface area contributed by atoms with Gasteiger partial charge in [-0.25, -0.2) is 4.39 Å². The molecular weight excluding hydrogens is 253 g/mol. The fourth-order valence-electron chi connectivity index (χ4n) is 3.07. The van der Waals surface area contributed by atoms with Gasteiger partial charge >= 0.3 is 0 Å². The van der Waals surface area contributed by atoms with Crippen molar-refractivity contribution in [3.05, 3.63) is 29.6 Å². The molecule has 0 spiro atoms. The zero-order chi connectivity index (χ0) is 14.5. The second-order valence-corrected chi connectivity index (χ2v) is 6.00. The van der Waals surface area contributed by atoms with E-state index in [1.165, 1.54) is 25.1 Å². The molecule has 1 saturated heterocycles. The zero-order valence-electron chi connectivity index (χ0n) is 12.8. The molecule has 1 aliphatic rings. The van der Waals surface area contributed by atoms with E-state index in [0.717, 1.165) is 24.6 Å². The van der Waals surface area contributed by atoms with Crippen LogP contribution in [0.2, 0.25) is 0 Å². The van der Waals surface area contributed by atoms with Gasteiger partial charge in [0.1, 0.15) is 5.82 Å². The minimum Gasteiger partial charge on any atom is -0.371 e. The first-order valence-electron chi connectivity index (χ1n) is 7.43. The number of benzene rings is 1. The van der Waals surface area contributed by atoms with Gasteiger partial charge in [0.15, 0.2) is 0 Å². The summed E-state index contributed by atoms with van der Waals surface area (Å²) in [7, 11) is 6.17. The maximum atomic E-state index is 13.4. The van der Waals surface area contributed by atoms with Crippen molar-refractivity contribution in [3.8, 4) is 0 Å². The molecular formula is C16H26FN3. The molecule has 1 fully saturated rings. The van der Waals surface area contributed by atoms with Crippen molar-refractivity contribution >= 4 is 5.69 Å². The van der Waals surface area contributed by atoms with Gasteiger partial charge in [-0.05, 0) is 63.7 Å². The lowest BCUT2D eigenvalue weighted by Crippen LogP contribution is -2.37. The van der Waals surface area contributed by atoms with Crippen LogP contribution in [-0.4, -0.2) is 45.7 Å². The summed E-state index contributed by atoms with van der Waals surface area (Å²) in [5.74, 6) is 0.635. The molecule has 0 atom stereocenters. The van der Waals surface area contributed by atoms with Crippen molar-refractivity contribution in [2.75, 3.05) is 45.7 Å². The van der Waals surface area contributed by atoms with Crippen LogP contribution in [0, 0.1) is 11.7 Å². The van der Waals surface area contributed by atoms with E-state index >= 15 is 0 Å². The smallest absolute Gasteiger partial charge is 0.123 e. The van der Waals surface area contributed by atoms with Crippen molar-refractivity contribution in [2.45, 2.75) is 19.4 Å². The summed E-state index contributed by atoms with van der Waals surface area (Å²) >= 11 is 0. The van der Waals surface area contributed by atoms with Crippen LogP contribution in [-0.2, 0) is 6.54 Å². The lowest BCUT2D eigenvalue weighted by molar-refractivity contribution is 0.285. The molecule has 0 aliphatic carbocycles. The van der Waals surface area contributed by atoms with Gasteiger partial charge < -0.3 is 15.1 Å². The van der Waals surface area contributed by atoms with Crippen molar-refractivity contribution in [2.24, 2.45) is 5.92 Å². The monoisotopic (exact) mass is 279 g/mol. The maximum absolute atomic E-state index is 13.4. The number of piperidine rings is 1. The van der Waals surface area contributed by atoms with Crippen LogP contribution >= 0.6 is 0 Å². The Bertz CT molecular complexity index is 426. The van der Waals surface area contributed by atoms with E-state index in [1.54, 1.807) is 12.1 Å². The van der Waals surface area contributed by atoms with Crippen LogP contribution in [0.15, 0.2) is 18.2 Å². The van der Waals surface area contributed by atoms with Gasteiger partial charge in [0.05, 0.1) is 0 Å². The summed E-state index contributed by atoms with van der Waals surface area (Å²) in [6.07, 6.45) is 2.43. The third kappa shape index (κ3) is 3.93. The SMILES string of the molecule is CNCc1cc(F)ccc1N1CCC(CN(C)C)CC1. The predicted molar refractivity (Wildman–Crippen MR) is 82.7 cm³/mol. The van der Waals surface area contributed by atoms with E-state index in [-0.39, 0.29) is 5.82 Å². The van der Waals surface area contributed by atoms with E-state index in [0.29, 0.717) is 6.54 Å². The summed E-state index contributed by atoms with van der Waals surface area (Å²) in [5, 5.41) is 3.13. The zero-order valence-corrected chi connectivity index (χ0v) is 12.8. The van der Waals surface area contributed by atoms with Gasteiger partial charge in [0.25, 0.3) is 0 Å². The van der Waals surface area contributed by atoms with Gasteiger partial charge in [-0.15, -0.1) is 0 Å². The highest BCUT2D eigenvalue weighted by molar-refractivity contribution is 5.54. The summed E-state index contributed by atoms with van der Waals surface area (Å²) in [5.41, 5.74) is 2.24. The number of halogens is 1. The van der Waals surface area contributed by atoms with E-state index < -0.39 is 0 Å². The Morgan fingerprint density at radius 3 is 2.60 bits per heavy atom. The predicted octanol–water partition coefficient (Wildman–Crippen LogP) is 2.32. The van der Waals surface area contributed by atoms with E-state index in [4.69, 9.17) is 0 Å². The third-order valence-corrected chi connectivity index (χ3v) is 3.99. The largest absolute Gasteiger partial charge is 0.371 e. The molecule has 1 aromatic carbocycles. The number of hydrogen-bond donors (Lipinski definition) is 1. The topological polar surface area (TPSA) is 18.5 Å². The van der Waals surface area contributed by atoms with Gasteiger partial charge in [-0.3, -0.25) is 0 Å². The van der Waals surface area contributed by atoms with Crippen LogP contribution < -0.4 is 10.2 Å². The van der Waals surface area contributed by atoms with Crippen molar-refractivity contribution < 1.29 is 4.39 Å². The molecule has 0 radical (unpaired) electrons. The standard InChI is InChI=1S/C16H26FN3/c1-18-11-14-10-15(17)4-5-16(14)20-8-6-13(7-9-20)12-19(2)3/h4-5,10,13,18H,6-9,11-12H2,1-3H3. The average molecular weight is 279 g/mol. The molecule has 1 aliphatic heterocycles. The highest BCUT2D eigenvalue weighted by Gasteiger charge is 2.21. The molecule has 0 bridgehead atoms. The number of nitrogens with zero attached hydrogens (tertiary/aromatic N) is 2. The molecule has 1 aromatic rings. The highest BCUT2D eigenvalue weighted by atomic mass is 19.1. The van der Waals surface area contributed by atoms with Gasteiger partial charge in [-0.2, -0.15) is 0 Å². The molecule has 4 heteroatoms. The van der Waals surface area contributed by atoms with Crippen LogP contribution in [0.1, 0.15) is 18.4 Å². The Balaban J connectivity index is 2.03. The Labute approximate surface area is 121 Å². The lowest BCUT2D eigenvalue weighted by atomic mass is 9.95. The highest BCUT2D eigenvalue weighted by Crippen LogP contribution is 2.27. The molecule has 0 unspecified atom stereocenters. The molecule has 0 saturated carbocycles. The number of nitrogens with one attached hydrogen (secondary N) is 1. The number of anilines is 1. The molecule has 1 heterocycles. The minimum absolute atomic E-state index is 0.151. The first kappa shape index (κ1) is 15.3. The molecule has 20 heavy (non-hydrogen) atoms. The van der Waals surface area contributed by atoms with Gasteiger partial charge in [0.2, 0.25) is 0 Å². The minimum atomic E-state index is -0.151. The van der Waals surface area contributed by atoms with E-state index in [2.05, 4.69) is 29.2 Å². The Morgan fingerprint density at radius 1 is 1.30 bits per heavy atom. The fraction of sp³-hybridized carbons (Fsp3) is 0.625. The normalized spacial score (nSPS) is 16.9. The summed E-state index contributed by atoms with van der Waals surface area (Å²) < 4.78 is 13.4. The second kappa shape index (κ2) is 7.04. The fourth-order valence-corrected chi connectivity index (χ4v) is 3.07. The Hall–Kier alpha value is -1.13. The molecule has 0 aromatic heterocycles. The first-order valence-corrected chi connectivity index (χ1v) is 7.43. The van der Waals surface area contributed by atoms with Crippen LogP contribution in [0.3, 0.4) is 0 Å². The Kier molecular flexibility index (Phi) is 5.38. The first-order chi connectivity index (χ1) is 9.60. The summed E-state index contributed by atoms with van der Waals surface area (Å²) in [6.45, 7) is 4.02. The van der Waals surface area contributed by atoms with Gasteiger partial charge in [0, 0.05) is 31.9 Å². The average Bonchev–Trinajstić information content (AvgIpc) is 2.40. The molecule has 112 valence electrons. The van der Waals surface area contributed by atoms with E-state index in [9.17, 15) is 4.39 Å². The van der Waals surface area contributed by atoms with Crippen LogP contribution in [0.5, 0.6) is 0 Å². The third-order valence-electron chi connectivity index (χ3n) is 3.99. The van der Waals surface area contributed by atoms with E-state index in [1.807, 2.05) is 13.1 Å². The summed E-state index contributed by atoms with van der Waals surface area (Å²) in [6, 6.07) is 5.15. The lowest BCUT2D eigenvalue weighted by Gasteiger charge is -2.35. The van der Waals surface area contributed by atoms with Crippen molar-refractivity contribution in [1.29, 1.82) is 0 Å². The quantitative estimate of drug-likeness (QED) is 0.892. The van der Waals surface area contributed by atoms with Crippen molar-refractivity contribution in [3.63, 3.8) is 0 Å². The van der Waals surface area contributed by atoms with Gasteiger partial charge in [-0.1, -0.05) is 0 Å². The van der Waals surface area contributed by atoms with Crippen molar-refractivity contribution in [1.82, 2.24) is 10.2 Å².